The van der Waals surface area contributed by atoms with Crippen LogP contribution in [-0.2, 0) is 17.8 Å². The molecule has 0 spiro atoms. The van der Waals surface area contributed by atoms with E-state index < -0.39 is 4.92 Å². The molecule has 0 N–H and O–H groups in total. The van der Waals surface area contributed by atoms with Gasteiger partial charge in [-0.05, 0) is 30.0 Å². The summed E-state index contributed by atoms with van der Waals surface area (Å²) < 4.78 is 5.82. The van der Waals surface area contributed by atoms with Crippen LogP contribution in [0.15, 0.2) is 40.8 Å². The summed E-state index contributed by atoms with van der Waals surface area (Å²) in [4.78, 5) is 24.1. The third kappa shape index (κ3) is 3.64. The molecule has 3 rings (SSSR count). The normalized spacial score (nSPS) is 19.1. The van der Waals surface area contributed by atoms with Crippen molar-refractivity contribution in [3.05, 3.63) is 63.6 Å². The summed E-state index contributed by atoms with van der Waals surface area (Å²) in [5.41, 5.74) is 0.779. The molecule has 1 amide bonds. The van der Waals surface area contributed by atoms with E-state index in [1.54, 1.807) is 24.1 Å². The van der Waals surface area contributed by atoms with Crippen molar-refractivity contribution in [2.24, 2.45) is 5.92 Å². The summed E-state index contributed by atoms with van der Waals surface area (Å²) in [5, 5.41) is 10.6. The molecule has 1 aromatic heterocycles. The second-order valence-electron chi connectivity index (χ2n) is 6.47. The molecule has 0 radical (unpaired) electrons. The monoisotopic (exact) mass is 328 g/mol. The van der Waals surface area contributed by atoms with E-state index in [0.29, 0.717) is 18.4 Å². The maximum absolute atomic E-state index is 12.3. The predicted molar refractivity (Wildman–Crippen MR) is 88.5 cm³/mol. The minimum absolute atomic E-state index is 0.0250. The number of benzene rings is 1. The van der Waals surface area contributed by atoms with Crippen LogP contribution in [0.2, 0.25) is 0 Å². The number of amides is 1. The Bertz CT molecular complexity index is 751. The van der Waals surface area contributed by atoms with Crippen molar-refractivity contribution in [2.75, 3.05) is 7.05 Å². The summed E-state index contributed by atoms with van der Waals surface area (Å²) in [6.07, 6.45) is 1.38. The first-order valence-corrected chi connectivity index (χ1v) is 8.00. The van der Waals surface area contributed by atoms with Crippen molar-refractivity contribution in [3.8, 4) is 0 Å². The molecule has 1 aromatic carbocycles. The number of carbonyl (C=O) groups is 1. The highest BCUT2D eigenvalue weighted by Gasteiger charge is 2.36. The first kappa shape index (κ1) is 16.2. The smallest absolute Gasteiger partial charge is 0.269 e. The van der Waals surface area contributed by atoms with Gasteiger partial charge in [-0.2, -0.15) is 0 Å². The molecule has 1 fully saturated rings. The Morgan fingerprint density at radius 1 is 1.29 bits per heavy atom. The Morgan fingerprint density at radius 3 is 2.54 bits per heavy atom. The highest BCUT2D eigenvalue weighted by molar-refractivity contribution is 5.78. The van der Waals surface area contributed by atoms with Crippen LogP contribution in [0.1, 0.15) is 36.3 Å². The number of furan rings is 1. The third-order valence-corrected chi connectivity index (χ3v) is 4.48. The highest BCUT2D eigenvalue weighted by Crippen LogP contribution is 2.47. The van der Waals surface area contributed by atoms with Crippen LogP contribution in [-0.4, -0.2) is 22.8 Å². The fraction of sp³-hybridized carbons (Fsp3) is 0.389. The van der Waals surface area contributed by atoms with Gasteiger partial charge in [-0.1, -0.05) is 19.1 Å². The van der Waals surface area contributed by atoms with Crippen LogP contribution in [0.3, 0.4) is 0 Å². The zero-order valence-corrected chi connectivity index (χ0v) is 13.8. The summed E-state index contributed by atoms with van der Waals surface area (Å²) in [6.45, 7) is 2.62. The molecule has 6 nitrogen and oxygen atoms in total. The summed E-state index contributed by atoms with van der Waals surface area (Å²) in [5.74, 6) is 2.95. The number of rotatable bonds is 6. The molecule has 1 heterocycles. The number of nitro benzene ring substituents is 1. The maximum Gasteiger partial charge on any atom is 0.269 e. The van der Waals surface area contributed by atoms with E-state index in [-0.39, 0.29) is 18.0 Å². The first-order chi connectivity index (χ1) is 11.4. The molecular formula is C18H20N2O4. The van der Waals surface area contributed by atoms with Crippen LogP contribution in [0.25, 0.3) is 0 Å². The van der Waals surface area contributed by atoms with Crippen LogP contribution >= 0.6 is 0 Å². The van der Waals surface area contributed by atoms with Crippen molar-refractivity contribution in [1.82, 2.24) is 4.90 Å². The minimum atomic E-state index is -0.451. The lowest BCUT2D eigenvalue weighted by Gasteiger charge is -2.15. The van der Waals surface area contributed by atoms with Gasteiger partial charge in [-0.15, -0.1) is 0 Å². The maximum atomic E-state index is 12.3. The van der Waals surface area contributed by atoms with Gasteiger partial charge < -0.3 is 9.32 Å². The predicted octanol–water partition coefficient (Wildman–Crippen LogP) is 3.51. The van der Waals surface area contributed by atoms with Gasteiger partial charge in [0.2, 0.25) is 5.91 Å². The number of likely N-dealkylation sites (N-methyl/N-ethyl adjacent to an activating group) is 1. The number of nitrogens with zero attached hydrogens (tertiary/aromatic N) is 2. The second kappa shape index (κ2) is 6.47. The molecular weight excluding hydrogens is 308 g/mol. The largest absolute Gasteiger partial charge is 0.464 e. The summed E-state index contributed by atoms with van der Waals surface area (Å²) in [7, 11) is 1.73. The van der Waals surface area contributed by atoms with Crippen LogP contribution in [0.4, 0.5) is 5.69 Å². The van der Waals surface area contributed by atoms with Crippen molar-refractivity contribution in [2.45, 2.75) is 32.2 Å². The Morgan fingerprint density at radius 2 is 1.96 bits per heavy atom. The van der Waals surface area contributed by atoms with Gasteiger partial charge in [-0.25, -0.2) is 0 Å². The second-order valence-corrected chi connectivity index (χ2v) is 6.47. The van der Waals surface area contributed by atoms with Gasteiger partial charge in [0.1, 0.15) is 11.5 Å². The summed E-state index contributed by atoms with van der Waals surface area (Å²) in [6, 6.07) is 9.98. The number of carbonyl (C=O) groups excluding carboxylic acids is 1. The minimum Gasteiger partial charge on any atom is -0.464 e. The third-order valence-electron chi connectivity index (χ3n) is 4.48. The fourth-order valence-corrected chi connectivity index (χ4v) is 2.76. The van der Waals surface area contributed by atoms with Crippen molar-refractivity contribution in [1.29, 1.82) is 0 Å². The van der Waals surface area contributed by atoms with E-state index in [1.165, 1.54) is 18.6 Å². The first-order valence-electron chi connectivity index (χ1n) is 8.00. The van der Waals surface area contributed by atoms with E-state index in [9.17, 15) is 14.9 Å². The molecule has 6 heteroatoms. The quantitative estimate of drug-likeness (QED) is 0.600. The van der Waals surface area contributed by atoms with Gasteiger partial charge in [-0.3, -0.25) is 14.9 Å². The Kier molecular flexibility index (Phi) is 4.38. The van der Waals surface area contributed by atoms with E-state index in [0.717, 1.165) is 17.1 Å². The van der Waals surface area contributed by atoms with E-state index in [2.05, 4.69) is 6.92 Å². The number of hydrogen-bond acceptors (Lipinski definition) is 4. The van der Waals surface area contributed by atoms with E-state index in [4.69, 9.17) is 4.42 Å². The molecule has 24 heavy (non-hydrogen) atoms. The standard InChI is InChI=1S/C18H20N2O4/c1-12-9-16(12)17-8-7-15(24-17)11-19(2)18(21)10-13-3-5-14(6-4-13)20(22)23/h3-8,12,16H,9-11H2,1-2H3/t12-,16+/m0/s1. The van der Waals surface area contributed by atoms with Crippen molar-refractivity contribution >= 4 is 11.6 Å². The molecule has 0 bridgehead atoms. The lowest BCUT2D eigenvalue weighted by molar-refractivity contribution is -0.384. The molecule has 0 aliphatic heterocycles. The van der Waals surface area contributed by atoms with Gasteiger partial charge in [0, 0.05) is 25.1 Å². The Labute approximate surface area is 140 Å². The molecule has 2 aromatic rings. The molecule has 0 unspecified atom stereocenters. The molecule has 0 saturated heterocycles. The lowest BCUT2D eigenvalue weighted by atomic mass is 10.1. The summed E-state index contributed by atoms with van der Waals surface area (Å²) >= 11 is 0. The molecule has 1 aliphatic rings. The van der Waals surface area contributed by atoms with Crippen molar-refractivity contribution < 1.29 is 14.1 Å². The van der Waals surface area contributed by atoms with Crippen LogP contribution in [0, 0.1) is 16.0 Å². The Balaban J connectivity index is 1.56. The SMILES string of the molecule is C[C@H]1C[C@H]1c1ccc(CN(C)C(=O)Cc2ccc([N+](=O)[O-])cc2)o1. The Hall–Kier alpha value is -2.63. The highest BCUT2D eigenvalue weighted by atomic mass is 16.6. The molecule has 2 atom stereocenters. The fourth-order valence-electron chi connectivity index (χ4n) is 2.76. The van der Waals surface area contributed by atoms with Gasteiger partial charge in [0.05, 0.1) is 17.9 Å². The number of non-ortho nitro benzene ring substituents is 1. The van der Waals surface area contributed by atoms with Crippen LogP contribution in [0.5, 0.6) is 0 Å². The molecule has 126 valence electrons. The average Bonchev–Trinajstić information content (AvgIpc) is 3.10. The van der Waals surface area contributed by atoms with Gasteiger partial charge >= 0.3 is 0 Å². The topological polar surface area (TPSA) is 76.6 Å². The van der Waals surface area contributed by atoms with Crippen molar-refractivity contribution in [3.63, 3.8) is 0 Å². The van der Waals surface area contributed by atoms with E-state index in [1.807, 2.05) is 12.1 Å². The van der Waals surface area contributed by atoms with Crippen LogP contribution < -0.4 is 0 Å². The number of nitro groups is 1. The average molecular weight is 328 g/mol. The van der Waals surface area contributed by atoms with Gasteiger partial charge in [0.25, 0.3) is 5.69 Å². The number of hydrogen-bond donors (Lipinski definition) is 0. The molecule has 1 saturated carbocycles. The van der Waals surface area contributed by atoms with Gasteiger partial charge in [0.15, 0.2) is 0 Å². The molecule has 1 aliphatic carbocycles. The van der Waals surface area contributed by atoms with E-state index >= 15 is 0 Å². The zero-order chi connectivity index (χ0) is 17.3. The lowest BCUT2D eigenvalue weighted by Crippen LogP contribution is -2.27. The zero-order valence-electron chi connectivity index (χ0n) is 13.8.